The Morgan fingerprint density at radius 2 is 1.79 bits per heavy atom. The van der Waals surface area contributed by atoms with Crippen LogP contribution in [0.2, 0.25) is 10.0 Å². The van der Waals surface area contributed by atoms with Crippen LogP contribution in [0.3, 0.4) is 0 Å². The molecule has 0 atom stereocenters. The Morgan fingerprint density at radius 1 is 1.06 bits per heavy atom. The van der Waals surface area contributed by atoms with Gasteiger partial charge in [-0.15, -0.1) is 0 Å². The predicted molar refractivity (Wildman–Crippen MR) is 140 cm³/mol. The van der Waals surface area contributed by atoms with Gasteiger partial charge in [0.15, 0.2) is 5.65 Å². The lowest BCUT2D eigenvalue weighted by Gasteiger charge is -2.05. The number of unbranched alkanes of at least 4 members (excludes halogenated alkanes) is 4. The van der Waals surface area contributed by atoms with Gasteiger partial charge in [-0.3, -0.25) is 4.79 Å². The number of hydrogen-bond donors (Lipinski definition) is 2. The number of para-hydroxylation sites is 2. The minimum atomic E-state index is -0.286. The van der Waals surface area contributed by atoms with Crippen LogP contribution in [0.5, 0.6) is 0 Å². The van der Waals surface area contributed by atoms with Gasteiger partial charge in [-0.1, -0.05) is 74.0 Å². The van der Waals surface area contributed by atoms with Crippen molar-refractivity contribution in [3.63, 3.8) is 0 Å². The number of nitrogens with two attached hydrogens (primary N) is 1. The second kappa shape index (κ2) is 10.8. The molecule has 0 aliphatic rings. The van der Waals surface area contributed by atoms with E-state index in [4.69, 9.17) is 38.9 Å². The Bertz CT molecular complexity index is 1360. The van der Waals surface area contributed by atoms with Crippen LogP contribution in [0, 0.1) is 0 Å². The lowest BCUT2D eigenvalue weighted by molar-refractivity contribution is 0.0955. The van der Waals surface area contributed by atoms with E-state index in [1.165, 1.54) is 17.5 Å². The molecule has 3 N–H and O–H groups in total. The number of nitrogens with one attached hydrogen (secondary N) is 1. The Kier molecular flexibility index (Phi) is 7.65. The minimum Gasteiger partial charge on any atom is -0.383 e. The predicted octanol–water partition coefficient (Wildman–Crippen LogP) is 6.06. The smallest absolute Gasteiger partial charge is 0.257 e. The van der Waals surface area contributed by atoms with Crippen molar-refractivity contribution in [1.29, 1.82) is 0 Å². The molecule has 0 unspecified atom stereocenters. The number of amides is 1. The highest BCUT2D eigenvalue weighted by Crippen LogP contribution is 2.28. The molecule has 9 heteroatoms. The van der Waals surface area contributed by atoms with E-state index in [0.717, 1.165) is 24.8 Å². The van der Waals surface area contributed by atoms with Gasteiger partial charge < -0.3 is 11.1 Å². The zero-order valence-corrected chi connectivity index (χ0v) is 20.4. The van der Waals surface area contributed by atoms with Gasteiger partial charge in [-0.2, -0.15) is 9.78 Å². The lowest BCUT2D eigenvalue weighted by Crippen LogP contribution is -2.25. The van der Waals surface area contributed by atoms with Crippen molar-refractivity contribution in [2.24, 2.45) is 5.10 Å². The first-order valence-electron chi connectivity index (χ1n) is 11.3. The molecule has 0 radical (unpaired) electrons. The molecule has 0 aliphatic heterocycles. The molecule has 4 rings (SSSR count). The van der Waals surface area contributed by atoms with Crippen molar-refractivity contribution in [2.45, 2.75) is 39.0 Å². The zero-order chi connectivity index (χ0) is 24.1. The van der Waals surface area contributed by atoms with Crippen molar-refractivity contribution in [2.75, 3.05) is 12.3 Å². The van der Waals surface area contributed by atoms with Gasteiger partial charge in [0.05, 0.1) is 27.3 Å². The van der Waals surface area contributed by atoms with Gasteiger partial charge in [0.1, 0.15) is 16.9 Å². The van der Waals surface area contributed by atoms with Crippen LogP contribution in [-0.2, 0) is 0 Å². The summed E-state index contributed by atoms with van der Waals surface area (Å²) < 4.78 is 1.44. The third-order valence-electron chi connectivity index (χ3n) is 5.53. The number of hydrogen-bond acceptors (Lipinski definition) is 5. The van der Waals surface area contributed by atoms with E-state index in [9.17, 15) is 4.79 Å². The molecule has 0 fully saturated rings. The Balaban J connectivity index is 1.70. The largest absolute Gasteiger partial charge is 0.383 e. The summed E-state index contributed by atoms with van der Waals surface area (Å²) in [6.45, 7) is 2.75. The number of rotatable bonds is 9. The van der Waals surface area contributed by atoms with Crippen LogP contribution in [0.25, 0.3) is 22.2 Å². The van der Waals surface area contributed by atoms with Crippen molar-refractivity contribution in [3.8, 4) is 0 Å². The van der Waals surface area contributed by atoms with E-state index >= 15 is 0 Å². The SMILES string of the molecule is CCCCCCCNC(=O)c1c(N)n(/N=C/c2ccc(Cl)c(Cl)c2)c2nc3ccccc3nc12. The molecule has 2 aromatic heterocycles. The summed E-state index contributed by atoms with van der Waals surface area (Å²) in [6.07, 6.45) is 7.11. The summed E-state index contributed by atoms with van der Waals surface area (Å²) in [5, 5.41) is 8.34. The zero-order valence-electron chi connectivity index (χ0n) is 18.9. The fourth-order valence-corrected chi connectivity index (χ4v) is 4.03. The average molecular weight is 497 g/mol. The molecule has 1 amide bonds. The standard InChI is InChI=1S/C25H26Cl2N6O/c1-2-3-4-5-8-13-29-25(34)21-22-24(32-20-10-7-6-9-19(20)31-22)33(23(21)28)30-15-16-11-12-17(26)18(27)14-16/h6-7,9-12,14-15H,2-5,8,13,28H2,1H3,(H,29,34)/b30-15+. The normalized spacial score (nSPS) is 11.6. The van der Waals surface area contributed by atoms with Crippen LogP contribution in [0.15, 0.2) is 47.6 Å². The van der Waals surface area contributed by atoms with E-state index in [0.29, 0.717) is 38.8 Å². The molecule has 176 valence electrons. The van der Waals surface area contributed by atoms with Gasteiger partial charge in [0, 0.05) is 6.54 Å². The summed E-state index contributed by atoms with van der Waals surface area (Å²) in [6, 6.07) is 12.6. The van der Waals surface area contributed by atoms with Gasteiger partial charge >= 0.3 is 0 Å². The maximum Gasteiger partial charge on any atom is 0.257 e. The van der Waals surface area contributed by atoms with Crippen LogP contribution in [0.1, 0.15) is 54.9 Å². The Labute approximate surface area is 208 Å². The number of fused-ring (bicyclic) bond motifs is 2. The highest BCUT2D eigenvalue weighted by Gasteiger charge is 2.23. The minimum absolute atomic E-state index is 0.171. The number of anilines is 1. The first-order chi connectivity index (χ1) is 16.5. The highest BCUT2D eigenvalue weighted by molar-refractivity contribution is 6.42. The van der Waals surface area contributed by atoms with Crippen molar-refractivity contribution < 1.29 is 4.79 Å². The maximum atomic E-state index is 13.1. The van der Waals surface area contributed by atoms with E-state index < -0.39 is 0 Å². The second-order valence-electron chi connectivity index (χ2n) is 8.04. The molecule has 4 aromatic rings. The molecule has 0 saturated heterocycles. The van der Waals surface area contributed by atoms with Crippen molar-refractivity contribution >= 4 is 63.3 Å². The van der Waals surface area contributed by atoms with Crippen LogP contribution >= 0.6 is 23.2 Å². The van der Waals surface area contributed by atoms with Crippen LogP contribution < -0.4 is 11.1 Å². The number of carbonyl (C=O) groups is 1. The topological polar surface area (TPSA) is 98.2 Å². The summed E-state index contributed by atoms with van der Waals surface area (Å²) in [7, 11) is 0. The number of benzene rings is 2. The average Bonchev–Trinajstić information content (AvgIpc) is 3.10. The van der Waals surface area contributed by atoms with Gasteiger partial charge in [-0.05, 0) is 36.2 Å². The molecule has 0 saturated carbocycles. The molecule has 2 aromatic carbocycles. The Hall–Kier alpha value is -3.16. The summed E-state index contributed by atoms with van der Waals surface area (Å²) in [5.41, 5.74) is 9.59. The molecule has 0 spiro atoms. The molecular formula is C25H26Cl2N6O. The third kappa shape index (κ3) is 5.16. The monoisotopic (exact) mass is 496 g/mol. The molecule has 2 heterocycles. The molecule has 7 nitrogen and oxygen atoms in total. The summed E-state index contributed by atoms with van der Waals surface area (Å²) in [4.78, 5) is 22.5. The van der Waals surface area contributed by atoms with Crippen LogP contribution in [-0.4, -0.2) is 33.3 Å². The second-order valence-corrected chi connectivity index (χ2v) is 8.86. The molecule has 0 bridgehead atoms. The lowest BCUT2D eigenvalue weighted by atomic mass is 10.1. The summed E-state index contributed by atoms with van der Waals surface area (Å²) in [5.74, 6) is -0.115. The number of aromatic nitrogens is 3. The fourth-order valence-electron chi connectivity index (χ4n) is 3.72. The first-order valence-corrected chi connectivity index (χ1v) is 12.1. The van der Waals surface area contributed by atoms with Crippen LogP contribution in [0.4, 0.5) is 5.82 Å². The molecule has 34 heavy (non-hydrogen) atoms. The van der Waals surface area contributed by atoms with Gasteiger partial charge in [0.2, 0.25) is 0 Å². The quantitative estimate of drug-likeness (QED) is 0.217. The number of nitrogens with zero attached hydrogens (tertiary/aromatic N) is 4. The van der Waals surface area contributed by atoms with E-state index in [1.54, 1.807) is 24.4 Å². The molecular weight excluding hydrogens is 471 g/mol. The third-order valence-corrected chi connectivity index (χ3v) is 6.27. The highest BCUT2D eigenvalue weighted by atomic mass is 35.5. The van der Waals surface area contributed by atoms with E-state index in [1.807, 2.05) is 24.3 Å². The van der Waals surface area contributed by atoms with E-state index in [2.05, 4.69) is 17.3 Å². The van der Waals surface area contributed by atoms with Gasteiger partial charge in [0.25, 0.3) is 5.91 Å². The number of carbonyl (C=O) groups excluding carboxylic acids is 1. The van der Waals surface area contributed by atoms with Crippen molar-refractivity contribution in [3.05, 3.63) is 63.6 Å². The van der Waals surface area contributed by atoms with Gasteiger partial charge in [-0.25, -0.2) is 9.97 Å². The Morgan fingerprint density at radius 3 is 2.53 bits per heavy atom. The number of nitrogen functional groups attached to an aromatic ring is 1. The summed E-state index contributed by atoms with van der Waals surface area (Å²) >= 11 is 12.1. The van der Waals surface area contributed by atoms with E-state index in [-0.39, 0.29) is 17.3 Å². The number of halogens is 2. The maximum absolute atomic E-state index is 13.1. The first kappa shape index (κ1) is 24.0. The molecule has 0 aliphatic carbocycles. The van der Waals surface area contributed by atoms with Crippen molar-refractivity contribution in [1.82, 2.24) is 20.0 Å². The fraction of sp³-hybridized carbons (Fsp3) is 0.280.